The van der Waals surface area contributed by atoms with Crippen molar-refractivity contribution in [1.29, 1.82) is 0 Å². The van der Waals surface area contributed by atoms with Crippen LogP contribution in [-0.4, -0.2) is 20.9 Å². The summed E-state index contributed by atoms with van der Waals surface area (Å²) in [5, 5.41) is 4.10. The summed E-state index contributed by atoms with van der Waals surface area (Å²) in [6, 6.07) is 7.63. The molecule has 2 heterocycles. The molecule has 0 aliphatic carbocycles. The van der Waals surface area contributed by atoms with E-state index in [4.69, 9.17) is 23.2 Å². The fourth-order valence-corrected chi connectivity index (χ4v) is 3.26. The van der Waals surface area contributed by atoms with Crippen LogP contribution in [-0.2, 0) is 6.42 Å². The van der Waals surface area contributed by atoms with E-state index in [2.05, 4.69) is 20.3 Å². The van der Waals surface area contributed by atoms with Gasteiger partial charge in [0.2, 0.25) is 0 Å². The number of hydrogen-bond donors (Lipinski definition) is 1. The molecule has 5 nitrogen and oxygen atoms in total. The zero-order chi connectivity index (χ0) is 17.1. The lowest BCUT2D eigenvalue weighted by atomic mass is 10.1. The zero-order valence-electron chi connectivity index (χ0n) is 12.6. The molecule has 0 atom stereocenters. The predicted molar refractivity (Wildman–Crippen MR) is 96.1 cm³/mol. The molecule has 122 valence electrons. The molecule has 1 aromatic carbocycles. The summed E-state index contributed by atoms with van der Waals surface area (Å²) in [6.45, 7) is 1.69. The Morgan fingerprint density at radius 2 is 1.96 bits per heavy atom. The van der Waals surface area contributed by atoms with E-state index >= 15 is 0 Å². The molecular formula is C16H12Cl2N4OS. The van der Waals surface area contributed by atoms with Gasteiger partial charge >= 0.3 is 0 Å². The van der Waals surface area contributed by atoms with E-state index in [1.807, 2.05) is 24.3 Å². The summed E-state index contributed by atoms with van der Waals surface area (Å²) in [6.07, 6.45) is 3.78. The molecule has 0 saturated carbocycles. The summed E-state index contributed by atoms with van der Waals surface area (Å²) >= 11 is 13.5. The lowest BCUT2D eigenvalue weighted by Crippen LogP contribution is -2.15. The van der Waals surface area contributed by atoms with E-state index in [1.165, 1.54) is 17.5 Å². The van der Waals surface area contributed by atoms with Crippen LogP contribution in [0.2, 0.25) is 10.0 Å². The summed E-state index contributed by atoms with van der Waals surface area (Å²) in [7, 11) is 0. The minimum atomic E-state index is -0.413. The number of aryl methyl sites for hydroxylation is 1. The Balaban J connectivity index is 1.73. The van der Waals surface area contributed by atoms with Crippen molar-refractivity contribution in [3.63, 3.8) is 0 Å². The smallest absolute Gasteiger partial charge is 0.277 e. The number of nitrogens with zero attached hydrogens (tertiary/aromatic N) is 3. The number of nitrogens with one attached hydrogen (secondary N) is 1. The van der Waals surface area contributed by atoms with Gasteiger partial charge in [0.05, 0.1) is 11.2 Å². The van der Waals surface area contributed by atoms with E-state index in [1.54, 1.807) is 13.1 Å². The Bertz CT molecular complexity index is 897. The Morgan fingerprint density at radius 1 is 1.17 bits per heavy atom. The number of rotatable bonds is 4. The average molecular weight is 379 g/mol. The van der Waals surface area contributed by atoms with E-state index in [9.17, 15) is 4.79 Å². The van der Waals surface area contributed by atoms with E-state index < -0.39 is 5.91 Å². The first-order chi connectivity index (χ1) is 11.5. The van der Waals surface area contributed by atoms with Crippen molar-refractivity contribution < 1.29 is 4.79 Å². The summed E-state index contributed by atoms with van der Waals surface area (Å²) in [5.41, 5.74) is 1.14. The Hall–Kier alpha value is -2.02. The number of thiazole rings is 1. The number of carbonyl (C=O) groups excluding carboxylic acids is 1. The SMILES string of the molecule is Cc1ncc(Cl)c(C(=O)Nc2ncc(Cc3ccccc3Cl)s2)n1. The topological polar surface area (TPSA) is 67.8 Å². The molecule has 0 unspecified atom stereocenters. The van der Waals surface area contributed by atoms with Crippen LogP contribution < -0.4 is 5.32 Å². The number of amides is 1. The van der Waals surface area contributed by atoms with Gasteiger partial charge in [0.15, 0.2) is 10.8 Å². The van der Waals surface area contributed by atoms with Crippen molar-refractivity contribution in [3.8, 4) is 0 Å². The first-order valence-electron chi connectivity index (χ1n) is 7.01. The largest absolute Gasteiger partial charge is 0.296 e. The third-order valence-corrected chi connectivity index (χ3v) is 4.73. The summed E-state index contributed by atoms with van der Waals surface area (Å²) < 4.78 is 0. The highest BCUT2D eigenvalue weighted by molar-refractivity contribution is 7.15. The number of aromatic nitrogens is 3. The maximum absolute atomic E-state index is 12.3. The summed E-state index contributed by atoms with van der Waals surface area (Å²) in [4.78, 5) is 25.5. The predicted octanol–water partition coefficient (Wildman–Crippen LogP) is 4.39. The second-order valence-corrected chi connectivity index (χ2v) is 6.90. The van der Waals surface area contributed by atoms with Gasteiger partial charge in [-0.3, -0.25) is 10.1 Å². The number of benzene rings is 1. The van der Waals surface area contributed by atoms with Crippen LogP contribution in [0.4, 0.5) is 5.13 Å². The molecular weight excluding hydrogens is 367 g/mol. The second-order valence-electron chi connectivity index (χ2n) is 4.97. The number of anilines is 1. The molecule has 3 aromatic rings. The van der Waals surface area contributed by atoms with Gasteiger partial charge in [-0.25, -0.2) is 15.0 Å². The summed E-state index contributed by atoms with van der Waals surface area (Å²) in [5.74, 6) is 0.0623. The van der Waals surface area contributed by atoms with E-state index in [-0.39, 0.29) is 10.7 Å². The highest BCUT2D eigenvalue weighted by Gasteiger charge is 2.15. The molecule has 1 N–H and O–H groups in total. The average Bonchev–Trinajstić information content (AvgIpc) is 2.99. The van der Waals surface area contributed by atoms with Crippen LogP contribution in [0, 0.1) is 6.92 Å². The molecule has 1 amide bonds. The van der Waals surface area contributed by atoms with Gasteiger partial charge in [-0.15, -0.1) is 11.3 Å². The first kappa shape index (κ1) is 16.8. The van der Waals surface area contributed by atoms with Gasteiger partial charge in [-0.1, -0.05) is 41.4 Å². The zero-order valence-corrected chi connectivity index (χ0v) is 14.9. The van der Waals surface area contributed by atoms with Crippen molar-refractivity contribution in [2.24, 2.45) is 0 Å². The van der Waals surface area contributed by atoms with Crippen LogP contribution in [0.25, 0.3) is 0 Å². The quantitative estimate of drug-likeness (QED) is 0.730. The Morgan fingerprint density at radius 3 is 2.75 bits per heavy atom. The maximum atomic E-state index is 12.3. The molecule has 3 rings (SSSR count). The molecule has 0 saturated heterocycles. The van der Waals surface area contributed by atoms with Crippen LogP contribution in [0.15, 0.2) is 36.7 Å². The molecule has 0 spiro atoms. The highest BCUT2D eigenvalue weighted by atomic mass is 35.5. The Kier molecular flexibility index (Phi) is 5.08. The third-order valence-electron chi connectivity index (χ3n) is 3.18. The molecule has 0 bridgehead atoms. The van der Waals surface area contributed by atoms with Gasteiger partial charge in [0.1, 0.15) is 5.82 Å². The van der Waals surface area contributed by atoms with E-state index in [0.717, 1.165) is 10.4 Å². The molecule has 0 aliphatic rings. The molecule has 0 aliphatic heterocycles. The monoisotopic (exact) mass is 378 g/mol. The highest BCUT2D eigenvalue weighted by Crippen LogP contribution is 2.25. The van der Waals surface area contributed by atoms with Crippen LogP contribution in [0.1, 0.15) is 26.8 Å². The number of hydrogen-bond acceptors (Lipinski definition) is 5. The maximum Gasteiger partial charge on any atom is 0.277 e. The van der Waals surface area contributed by atoms with Crippen LogP contribution in [0.5, 0.6) is 0 Å². The molecule has 24 heavy (non-hydrogen) atoms. The number of halogens is 2. The van der Waals surface area contributed by atoms with Gasteiger partial charge in [0, 0.05) is 22.5 Å². The van der Waals surface area contributed by atoms with Gasteiger partial charge in [-0.2, -0.15) is 0 Å². The van der Waals surface area contributed by atoms with Crippen molar-refractivity contribution in [2.75, 3.05) is 5.32 Å². The fraction of sp³-hybridized carbons (Fsp3) is 0.125. The first-order valence-corrected chi connectivity index (χ1v) is 8.59. The molecule has 8 heteroatoms. The molecule has 0 fully saturated rings. The van der Waals surface area contributed by atoms with Crippen molar-refractivity contribution in [3.05, 3.63) is 68.7 Å². The van der Waals surface area contributed by atoms with Crippen molar-refractivity contribution in [1.82, 2.24) is 15.0 Å². The lowest BCUT2D eigenvalue weighted by molar-refractivity contribution is 0.102. The fourth-order valence-electron chi connectivity index (χ4n) is 2.05. The molecule has 0 radical (unpaired) electrons. The van der Waals surface area contributed by atoms with Crippen molar-refractivity contribution in [2.45, 2.75) is 13.3 Å². The van der Waals surface area contributed by atoms with Gasteiger partial charge in [0.25, 0.3) is 5.91 Å². The molecule has 2 aromatic heterocycles. The third kappa shape index (κ3) is 3.90. The van der Waals surface area contributed by atoms with Gasteiger partial charge in [-0.05, 0) is 18.6 Å². The van der Waals surface area contributed by atoms with Crippen LogP contribution >= 0.6 is 34.5 Å². The lowest BCUT2D eigenvalue weighted by Gasteiger charge is -2.03. The number of carbonyl (C=O) groups is 1. The minimum absolute atomic E-state index is 0.132. The van der Waals surface area contributed by atoms with Gasteiger partial charge < -0.3 is 0 Å². The van der Waals surface area contributed by atoms with Crippen LogP contribution in [0.3, 0.4) is 0 Å². The second kappa shape index (κ2) is 7.25. The van der Waals surface area contributed by atoms with E-state index in [0.29, 0.717) is 22.4 Å². The standard InChI is InChI=1S/C16H12Cl2N4OS/c1-9-19-8-13(18)14(21-9)15(23)22-16-20-7-11(24-16)6-10-4-2-3-5-12(10)17/h2-5,7-8H,6H2,1H3,(H,20,22,23). The van der Waals surface area contributed by atoms with Crippen molar-refractivity contribution >= 4 is 45.6 Å². The normalized spacial score (nSPS) is 10.6. The minimum Gasteiger partial charge on any atom is -0.296 e. The Labute approximate surface area is 152 Å².